The van der Waals surface area contributed by atoms with E-state index >= 15 is 0 Å². The van der Waals surface area contributed by atoms with Crippen LogP contribution < -0.4 is 15.4 Å². The third-order valence-electron chi connectivity index (χ3n) is 7.33. The third-order valence-corrected chi connectivity index (χ3v) is 7.33. The van der Waals surface area contributed by atoms with Crippen LogP contribution in [0.2, 0.25) is 0 Å². The third kappa shape index (κ3) is 3.61. The second kappa shape index (κ2) is 8.13. The van der Waals surface area contributed by atoms with Crippen LogP contribution in [0.1, 0.15) is 58.9 Å². The highest BCUT2D eigenvalue weighted by atomic mass is 16.5. The zero-order valence-corrected chi connectivity index (χ0v) is 18.8. The van der Waals surface area contributed by atoms with Crippen LogP contribution in [-0.4, -0.2) is 51.9 Å². The molecule has 1 atom stereocenters. The lowest BCUT2D eigenvalue weighted by Gasteiger charge is -2.41. The maximum absolute atomic E-state index is 13.2. The maximum atomic E-state index is 13.2. The Morgan fingerprint density at radius 1 is 1.12 bits per heavy atom. The number of hydrogen-bond donors (Lipinski definition) is 2. The van der Waals surface area contributed by atoms with Gasteiger partial charge in [-0.2, -0.15) is 0 Å². The van der Waals surface area contributed by atoms with E-state index in [1.54, 1.807) is 30.5 Å². The fourth-order valence-electron chi connectivity index (χ4n) is 5.61. The van der Waals surface area contributed by atoms with Gasteiger partial charge < -0.3 is 15.0 Å². The molecule has 33 heavy (non-hydrogen) atoms. The monoisotopic (exact) mass is 449 g/mol. The van der Waals surface area contributed by atoms with Crippen molar-refractivity contribution >= 4 is 17.8 Å². The van der Waals surface area contributed by atoms with Gasteiger partial charge in [0.05, 0.1) is 25.0 Å². The summed E-state index contributed by atoms with van der Waals surface area (Å²) in [6, 6.07) is 4.93. The number of nitrogens with one attached hydrogen (secondary N) is 2. The Hall–Kier alpha value is -3.49. The predicted molar refractivity (Wildman–Crippen MR) is 119 cm³/mol. The van der Waals surface area contributed by atoms with Crippen molar-refractivity contribution in [3.8, 4) is 5.75 Å². The minimum Gasteiger partial charge on any atom is -0.497 e. The summed E-state index contributed by atoms with van der Waals surface area (Å²) >= 11 is 0. The fraction of sp³-hybridized carbons (Fsp3) is 0.458. The number of nitrogens with zero attached hydrogens (tertiary/aromatic N) is 3. The van der Waals surface area contributed by atoms with Crippen LogP contribution in [0.5, 0.6) is 5.75 Å². The predicted octanol–water partition coefficient (Wildman–Crippen LogP) is 2.30. The van der Waals surface area contributed by atoms with Gasteiger partial charge in [-0.1, -0.05) is 6.07 Å². The molecule has 0 bridgehead atoms. The van der Waals surface area contributed by atoms with Gasteiger partial charge in [-0.3, -0.25) is 24.9 Å². The quantitative estimate of drug-likeness (QED) is 0.677. The molecular weight excluding hydrogens is 422 g/mol. The number of rotatable bonds is 5. The first-order valence-corrected chi connectivity index (χ1v) is 11.3. The van der Waals surface area contributed by atoms with Crippen molar-refractivity contribution in [2.45, 2.75) is 50.6 Å². The number of aryl methyl sites for hydroxylation is 1. The molecule has 1 aliphatic carbocycles. The minimum atomic E-state index is -1.14. The van der Waals surface area contributed by atoms with Crippen LogP contribution >= 0.6 is 0 Å². The summed E-state index contributed by atoms with van der Waals surface area (Å²) in [7, 11) is 1.56. The smallest absolute Gasteiger partial charge is 0.322 e. The van der Waals surface area contributed by atoms with E-state index in [1.807, 2.05) is 19.1 Å². The van der Waals surface area contributed by atoms with Gasteiger partial charge in [0, 0.05) is 30.4 Å². The SMILES string of the molecule is COc1ccc2c(c1)C(=O)N(C[C@@]1(C3CCC(c4nccnc4C)CC3)NC(=O)NC1=O)C2. The van der Waals surface area contributed by atoms with Crippen molar-refractivity contribution < 1.29 is 19.1 Å². The molecule has 9 heteroatoms. The zero-order valence-electron chi connectivity index (χ0n) is 18.8. The van der Waals surface area contributed by atoms with Crippen molar-refractivity contribution in [2.24, 2.45) is 5.92 Å². The summed E-state index contributed by atoms with van der Waals surface area (Å²) in [5.41, 5.74) is 2.27. The van der Waals surface area contributed by atoms with E-state index in [4.69, 9.17) is 4.74 Å². The molecule has 5 rings (SSSR count). The molecule has 0 radical (unpaired) electrons. The fourth-order valence-corrected chi connectivity index (χ4v) is 5.61. The summed E-state index contributed by atoms with van der Waals surface area (Å²) in [6.45, 7) is 2.50. The summed E-state index contributed by atoms with van der Waals surface area (Å²) in [5.74, 6) is 0.304. The van der Waals surface area contributed by atoms with Crippen LogP contribution in [-0.2, 0) is 11.3 Å². The standard InChI is InChI=1S/C24H27N5O4/c1-14-20(26-10-9-25-14)15-3-6-17(7-4-15)24(22(31)27-23(32)28-24)13-29-12-16-5-8-18(33-2)11-19(16)21(29)30/h5,8-11,15,17H,3-4,6-7,12-13H2,1-2H3,(H2,27,28,31,32)/t15?,17?,24-/m0/s1. The van der Waals surface area contributed by atoms with Gasteiger partial charge in [0.15, 0.2) is 0 Å². The highest BCUT2D eigenvalue weighted by Gasteiger charge is 2.54. The average Bonchev–Trinajstić information content (AvgIpc) is 3.29. The van der Waals surface area contributed by atoms with Gasteiger partial charge >= 0.3 is 6.03 Å². The molecular formula is C24H27N5O4. The number of methoxy groups -OCH3 is 1. The summed E-state index contributed by atoms with van der Waals surface area (Å²) in [4.78, 5) is 49.0. The van der Waals surface area contributed by atoms with Crippen LogP contribution in [0.3, 0.4) is 0 Å². The molecule has 1 saturated carbocycles. The molecule has 9 nitrogen and oxygen atoms in total. The van der Waals surface area contributed by atoms with E-state index in [-0.39, 0.29) is 30.2 Å². The first-order valence-electron chi connectivity index (χ1n) is 11.3. The second-order valence-electron chi connectivity index (χ2n) is 9.14. The largest absolute Gasteiger partial charge is 0.497 e. The van der Waals surface area contributed by atoms with Crippen molar-refractivity contribution in [3.05, 3.63) is 53.1 Å². The Labute approximate surface area is 191 Å². The summed E-state index contributed by atoms with van der Waals surface area (Å²) < 4.78 is 5.26. The van der Waals surface area contributed by atoms with E-state index in [1.165, 1.54) is 0 Å². The van der Waals surface area contributed by atoms with E-state index in [2.05, 4.69) is 20.6 Å². The lowest BCUT2D eigenvalue weighted by atomic mass is 9.70. The van der Waals surface area contributed by atoms with Crippen molar-refractivity contribution in [3.63, 3.8) is 0 Å². The molecule has 0 unspecified atom stereocenters. The Kier molecular flexibility index (Phi) is 5.26. The second-order valence-corrected chi connectivity index (χ2v) is 9.14. The molecule has 2 fully saturated rings. The van der Waals surface area contributed by atoms with E-state index < -0.39 is 11.6 Å². The molecule has 1 aromatic carbocycles. The molecule has 2 aromatic rings. The Balaban J connectivity index is 1.37. The lowest BCUT2D eigenvalue weighted by Crippen LogP contribution is -2.60. The van der Waals surface area contributed by atoms with Gasteiger partial charge in [0.25, 0.3) is 11.8 Å². The van der Waals surface area contributed by atoms with Crippen LogP contribution in [0, 0.1) is 12.8 Å². The summed E-state index contributed by atoms with van der Waals surface area (Å²) in [5, 5.41) is 5.32. The first kappa shape index (κ1) is 21.4. The molecule has 1 aromatic heterocycles. The maximum Gasteiger partial charge on any atom is 0.322 e. The highest BCUT2D eigenvalue weighted by molar-refractivity contribution is 6.08. The molecule has 1 saturated heterocycles. The molecule has 0 spiro atoms. The average molecular weight is 450 g/mol. The van der Waals surface area contributed by atoms with Gasteiger partial charge in [-0.25, -0.2) is 4.79 Å². The highest BCUT2D eigenvalue weighted by Crippen LogP contribution is 2.42. The number of carbonyl (C=O) groups is 3. The number of ether oxygens (including phenoxy) is 1. The number of imide groups is 1. The van der Waals surface area contributed by atoms with Crippen molar-refractivity contribution in [2.75, 3.05) is 13.7 Å². The van der Waals surface area contributed by atoms with E-state index in [9.17, 15) is 14.4 Å². The van der Waals surface area contributed by atoms with Gasteiger partial charge in [0.2, 0.25) is 0 Å². The summed E-state index contributed by atoms with van der Waals surface area (Å²) in [6.07, 6.45) is 6.60. The number of fused-ring (bicyclic) bond motifs is 1. The van der Waals surface area contributed by atoms with Crippen LogP contribution in [0.15, 0.2) is 30.6 Å². The number of carbonyl (C=O) groups excluding carboxylic acids is 3. The molecule has 3 heterocycles. The number of aromatic nitrogens is 2. The molecule has 3 aliphatic rings. The van der Waals surface area contributed by atoms with E-state index in [0.29, 0.717) is 17.9 Å². The Morgan fingerprint density at radius 3 is 2.55 bits per heavy atom. The number of benzene rings is 1. The van der Waals surface area contributed by atoms with Gasteiger partial charge in [0.1, 0.15) is 11.3 Å². The van der Waals surface area contributed by atoms with Crippen molar-refractivity contribution in [1.82, 2.24) is 25.5 Å². The normalized spacial score (nSPS) is 26.7. The number of urea groups is 1. The zero-order chi connectivity index (χ0) is 23.2. The lowest BCUT2D eigenvalue weighted by molar-refractivity contribution is -0.127. The molecule has 2 aliphatic heterocycles. The topological polar surface area (TPSA) is 114 Å². The molecule has 172 valence electrons. The first-order chi connectivity index (χ1) is 15.9. The Bertz CT molecular complexity index is 1130. The van der Waals surface area contributed by atoms with E-state index in [0.717, 1.165) is 42.6 Å². The number of hydrogen-bond acceptors (Lipinski definition) is 6. The van der Waals surface area contributed by atoms with Crippen LogP contribution in [0.4, 0.5) is 4.79 Å². The molecule has 2 N–H and O–H groups in total. The molecule has 4 amide bonds. The Morgan fingerprint density at radius 2 is 1.88 bits per heavy atom. The number of amides is 4. The van der Waals surface area contributed by atoms with Gasteiger partial charge in [-0.15, -0.1) is 0 Å². The van der Waals surface area contributed by atoms with Crippen molar-refractivity contribution in [1.29, 1.82) is 0 Å². The van der Waals surface area contributed by atoms with Gasteiger partial charge in [-0.05, 0) is 56.2 Å². The minimum absolute atomic E-state index is 0.0803. The van der Waals surface area contributed by atoms with Crippen LogP contribution in [0.25, 0.3) is 0 Å².